The number of allylic oxidation sites excluding steroid dienone is 5. The maximum Gasteiger partial charge on any atom is 0.145 e. The SMILES string of the molecule is C=C(/C=C(/C)C=O)C1=CC2NC(C(C)CCOC)=NC2C=C1. The Morgan fingerprint density at radius 3 is 3.05 bits per heavy atom. The molecule has 0 aromatic heterocycles. The van der Waals surface area contributed by atoms with E-state index in [0.29, 0.717) is 11.5 Å². The molecule has 0 amide bonds. The molecule has 2 aliphatic rings. The Morgan fingerprint density at radius 2 is 2.36 bits per heavy atom. The molecule has 1 N–H and O–H groups in total. The number of ether oxygens (including phenoxy) is 1. The van der Waals surface area contributed by atoms with Crippen molar-refractivity contribution in [2.24, 2.45) is 10.9 Å². The summed E-state index contributed by atoms with van der Waals surface area (Å²) < 4.78 is 5.13. The zero-order chi connectivity index (χ0) is 16.1. The number of aldehydes is 1. The summed E-state index contributed by atoms with van der Waals surface area (Å²) in [6.07, 6.45) is 9.87. The van der Waals surface area contributed by atoms with Crippen LogP contribution in [0.25, 0.3) is 0 Å². The highest BCUT2D eigenvalue weighted by Crippen LogP contribution is 2.25. The molecular formula is C18H24N2O2. The normalized spacial score (nSPS) is 25.0. The van der Waals surface area contributed by atoms with Gasteiger partial charge in [0.1, 0.15) is 12.1 Å². The predicted molar refractivity (Wildman–Crippen MR) is 90.0 cm³/mol. The monoisotopic (exact) mass is 300 g/mol. The fourth-order valence-corrected chi connectivity index (χ4v) is 2.60. The number of methoxy groups -OCH3 is 1. The molecule has 22 heavy (non-hydrogen) atoms. The van der Waals surface area contributed by atoms with E-state index in [4.69, 9.17) is 9.73 Å². The van der Waals surface area contributed by atoms with Gasteiger partial charge in [0.25, 0.3) is 0 Å². The van der Waals surface area contributed by atoms with Gasteiger partial charge in [0.05, 0.1) is 12.1 Å². The molecule has 3 atom stereocenters. The number of rotatable bonds is 7. The highest BCUT2D eigenvalue weighted by molar-refractivity contribution is 5.87. The molecule has 0 fully saturated rings. The molecule has 118 valence electrons. The van der Waals surface area contributed by atoms with Crippen LogP contribution in [0, 0.1) is 5.92 Å². The second kappa shape index (κ2) is 7.36. The quantitative estimate of drug-likeness (QED) is 0.447. The molecular weight excluding hydrogens is 276 g/mol. The van der Waals surface area contributed by atoms with Crippen LogP contribution in [0.5, 0.6) is 0 Å². The lowest BCUT2D eigenvalue weighted by molar-refractivity contribution is -0.104. The second-order valence-electron chi connectivity index (χ2n) is 5.87. The summed E-state index contributed by atoms with van der Waals surface area (Å²) >= 11 is 0. The summed E-state index contributed by atoms with van der Waals surface area (Å²) in [7, 11) is 1.72. The van der Waals surface area contributed by atoms with Crippen molar-refractivity contribution in [1.82, 2.24) is 5.32 Å². The van der Waals surface area contributed by atoms with E-state index in [9.17, 15) is 4.79 Å². The first kappa shape index (κ1) is 16.4. The number of hydrogen-bond acceptors (Lipinski definition) is 4. The van der Waals surface area contributed by atoms with Crippen LogP contribution >= 0.6 is 0 Å². The fourth-order valence-electron chi connectivity index (χ4n) is 2.60. The molecule has 0 aromatic rings. The molecule has 0 saturated carbocycles. The van der Waals surface area contributed by atoms with E-state index in [1.807, 2.05) is 6.08 Å². The molecule has 1 heterocycles. The summed E-state index contributed by atoms with van der Waals surface area (Å²) in [5, 5.41) is 3.49. The van der Waals surface area contributed by atoms with Crippen molar-refractivity contribution >= 4 is 12.1 Å². The number of nitrogens with zero attached hydrogens (tertiary/aromatic N) is 1. The zero-order valence-corrected chi connectivity index (χ0v) is 13.5. The molecule has 0 spiro atoms. The Labute approximate surface area is 132 Å². The van der Waals surface area contributed by atoms with Gasteiger partial charge in [0.2, 0.25) is 0 Å². The number of hydrogen-bond donors (Lipinski definition) is 1. The lowest BCUT2D eigenvalue weighted by Gasteiger charge is -2.19. The van der Waals surface area contributed by atoms with Gasteiger partial charge in [-0.2, -0.15) is 0 Å². The molecule has 4 heteroatoms. The van der Waals surface area contributed by atoms with Gasteiger partial charge >= 0.3 is 0 Å². The van der Waals surface area contributed by atoms with E-state index in [2.05, 4.69) is 31.0 Å². The Hall–Kier alpha value is -1.94. The van der Waals surface area contributed by atoms with E-state index < -0.39 is 0 Å². The average molecular weight is 300 g/mol. The second-order valence-corrected chi connectivity index (χ2v) is 5.87. The summed E-state index contributed by atoms with van der Waals surface area (Å²) in [4.78, 5) is 15.5. The third-order valence-corrected chi connectivity index (χ3v) is 3.98. The Bertz CT molecular complexity index is 570. The molecule has 0 aromatic carbocycles. The molecule has 3 unspecified atom stereocenters. The minimum absolute atomic E-state index is 0.146. The summed E-state index contributed by atoms with van der Waals surface area (Å²) in [6.45, 7) is 8.71. The Kier molecular flexibility index (Phi) is 5.50. The summed E-state index contributed by atoms with van der Waals surface area (Å²) in [5.74, 6) is 1.40. The smallest absolute Gasteiger partial charge is 0.145 e. The summed E-state index contributed by atoms with van der Waals surface area (Å²) in [6, 6.07) is 0.314. The average Bonchev–Trinajstić information content (AvgIpc) is 2.95. The van der Waals surface area contributed by atoms with Crippen molar-refractivity contribution in [2.45, 2.75) is 32.4 Å². The lowest BCUT2D eigenvalue weighted by Crippen LogP contribution is -2.36. The van der Waals surface area contributed by atoms with Gasteiger partial charge in [-0.3, -0.25) is 9.79 Å². The van der Waals surface area contributed by atoms with Gasteiger partial charge in [0.15, 0.2) is 0 Å². The van der Waals surface area contributed by atoms with Crippen LogP contribution in [0.3, 0.4) is 0 Å². The first-order chi connectivity index (χ1) is 10.5. The van der Waals surface area contributed by atoms with E-state index in [0.717, 1.165) is 36.3 Å². The van der Waals surface area contributed by atoms with Gasteiger partial charge in [0, 0.05) is 19.6 Å². The van der Waals surface area contributed by atoms with Crippen molar-refractivity contribution in [1.29, 1.82) is 0 Å². The molecule has 1 aliphatic heterocycles. The maximum absolute atomic E-state index is 10.7. The highest BCUT2D eigenvalue weighted by Gasteiger charge is 2.29. The van der Waals surface area contributed by atoms with Crippen molar-refractivity contribution < 1.29 is 9.53 Å². The van der Waals surface area contributed by atoms with Crippen LogP contribution in [-0.2, 0) is 9.53 Å². The van der Waals surface area contributed by atoms with E-state index in [1.54, 1.807) is 20.1 Å². The first-order valence-electron chi connectivity index (χ1n) is 7.61. The van der Waals surface area contributed by atoms with Crippen LogP contribution in [0.1, 0.15) is 20.3 Å². The number of amidine groups is 1. The minimum Gasteiger partial charge on any atom is -0.385 e. The fraction of sp³-hybridized carbons (Fsp3) is 0.444. The van der Waals surface area contributed by atoms with Crippen LogP contribution in [0.4, 0.5) is 0 Å². The standard InChI is InChI=1S/C18H24N2O2/c1-12(11-21)9-14(3)15-5-6-16-17(10-15)20-18(19-16)13(2)7-8-22-4/h5-6,9-11,13,16-17H,3,7-8H2,1-2,4H3,(H,19,20)/b12-9-. The number of aliphatic imine (C=N–C) groups is 1. The third kappa shape index (κ3) is 3.83. The van der Waals surface area contributed by atoms with Crippen molar-refractivity contribution in [2.75, 3.05) is 13.7 Å². The zero-order valence-electron chi connectivity index (χ0n) is 13.5. The third-order valence-electron chi connectivity index (χ3n) is 3.98. The molecule has 0 radical (unpaired) electrons. The number of nitrogens with one attached hydrogen (secondary N) is 1. The minimum atomic E-state index is 0.146. The number of carbonyl (C=O) groups excluding carboxylic acids is 1. The van der Waals surface area contributed by atoms with Gasteiger partial charge in [-0.1, -0.05) is 31.7 Å². The van der Waals surface area contributed by atoms with Crippen LogP contribution in [-0.4, -0.2) is 37.9 Å². The van der Waals surface area contributed by atoms with Gasteiger partial charge < -0.3 is 10.1 Å². The van der Waals surface area contributed by atoms with Crippen LogP contribution in [0.15, 0.2) is 52.6 Å². The molecule has 4 nitrogen and oxygen atoms in total. The molecule has 0 bridgehead atoms. The van der Waals surface area contributed by atoms with Crippen molar-refractivity contribution in [3.63, 3.8) is 0 Å². The Morgan fingerprint density at radius 1 is 1.59 bits per heavy atom. The van der Waals surface area contributed by atoms with Gasteiger partial charge in [-0.25, -0.2) is 0 Å². The van der Waals surface area contributed by atoms with Crippen molar-refractivity contribution in [3.05, 3.63) is 47.6 Å². The van der Waals surface area contributed by atoms with E-state index in [1.165, 1.54) is 0 Å². The highest BCUT2D eigenvalue weighted by atomic mass is 16.5. The maximum atomic E-state index is 10.7. The molecule has 1 aliphatic carbocycles. The molecule has 2 rings (SSSR count). The van der Waals surface area contributed by atoms with E-state index >= 15 is 0 Å². The van der Waals surface area contributed by atoms with Gasteiger partial charge in [-0.15, -0.1) is 0 Å². The predicted octanol–water partition coefficient (Wildman–Crippen LogP) is 2.60. The molecule has 0 saturated heterocycles. The van der Waals surface area contributed by atoms with Crippen LogP contribution < -0.4 is 5.32 Å². The number of carbonyl (C=O) groups is 1. The first-order valence-corrected chi connectivity index (χ1v) is 7.61. The summed E-state index contributed by atoms with van der Waals surface area (Å²) in [5.41, 5.74) is 2.56. The van der Waals surface area contributed by atoms with Crippen molar-refractivity contribution in [3.8, 4) is 0 Å². The lowest BCUT2D eigenvalue weighted by atomic mass is 9.94. The number of fused-ring (bicyclic) bond motifs is 1. The Balaban J connectivity index is 2.04. The largest absolute Gasteiger partial charge is 0.385 e. The topological polar surface area (TPSA) is 50.7 Å². The van der Waals surface area contributed by atoms with E-state index in [-0.39, 0.29) is 12.1 Å². The van der Waals surface area contributed by atoms with Gasteiger partial charge in [-0.05, 0) is 36.1 Å². The van der Waals surface area contributed by atoms with Crippen LogP contribution in [0.2, 0.25) is 0 Å².